The van der Waals surface area contributed by atoms with Gasteiger partial charge in [-0.1, -0.05) is 43.7 Å². The van der Waals surface area contributed by atoms with E-state index < -0.39 is 0 Å². The van der Waals surface area contributed by atoms with Crippen molar-refractivity contribution in [3.63, 3.8) is 0 Å². The van der Waals surface area contributed by atoms with E-state index in [1.54, 1.807) is 23.9 Å². The molecule has 1 heterocycles. The molecule has 0 aromatic heterocycles. The van der Waals surface area contributed by atoms with Gasteiger partial charge in [0.15, 0.2) is 5.17 Å². The van der Waals surface area contributed by atoms with Crippen molar-refractivity contribution in [1.82, 2.24) is 5.43 Å². The predicted molar refractivity (Wildman–Crippen MR) is 94.1 cm³/mol. The van der Waals surface area contributed by atoms with Crippen molar-refractivity contribution in [2.75, 3.05) is 5.75 Å². The third-order valence-corrected chi connectivity index (χ3v) is 5.26. The van der Waals surface area contributed by atoms with E-state index in [9.17, 15) is 10.1 Å². The van der Waals surface area contributed by atoms with E-state index in [1.165, 1.54) is 25.3 Å². The molecule has 3 rings (SSSR count). The van der Waals surface area contributed by atoms with Crippen LogP contribution in [0.1, 0.15) is 38.2 Å². The first-order valence-corrected chi connectivity index (χ1v) is 8.90. The second-order valence-corrected chi connectivity index (χ2v) is 6.99. The Labute approximate surface area is 139 Å². The summed E-state index contributed by atoms with van der Waals surface area (Å²) in [5.41, 5.74) is 4.70. The van der Waals surface area contributed by atoms with Gasteiger partial charge in [0.2, 0.25) is 0 Å². The van der Waals surface area contributed by atoms with Gasteiger partial charge in [0.1, 0.15) is 0 Å². The van der Waals surface area contributed by atoms with Crippen molar-refractivity contribution in [2.45, 2.75) is 38.6 Å². The number of benzene rings is 1. The molecule has 0 bridgehead atoms. The molecule has 1 N–H and O–H groups in total. The van der Waals surface area contributed by atoms with Crippen LogP contribution in [-0.4, -0.2) is 27.6 Å². The van der Waals surface area contributed by atoms with E-state index >= 15 is 0 Å². The zero-order chi connectivity index (χ0) is 16.2. The number of hydrazone groups is 1. The third kappa shape index (κ3) is 3.90. The number of thioether (sulfide) groups is 1. The molecule has 2 unspecified atom stereocenters. The number of nitrogens with one attached hydrogen (secondary N) is 1. The maximum absolute atomic E-state index is 10.9. The Morgan fingerprint density at radius 2 is 2.22 bits per heavy atom. The Balaban J connectivity index is 1.70. The first-order chi connectivity index (χ1) is 11.1. The predicted octanol–water partition coefficient (Wildman–Crippen LogP) is 3.57. The lowest BCUT2D eigenvalue weighted by atomic mass is 9.86. The number of hydrogen-bond donors (Lipinski definition) is 1. The standard InChI is InChI=1S/C16H20N4O2S/c1-11-5-2-3-8-14(11)17-16-19-18-15(10-23-16)12-6-4-7-13(9-12)20(21)22/h4,6-7,9,11,14H,2-3,5,8,10H2,1H3,(H,17,19). The Morgan fingerprint density at radius 3 is 2.91 bits per heavy atom. The van der Waals surface area contributed by atoms with Crippen LogP contribution >= 0.6 is 11.8 Å². The Kier molecular flexibility index (Phi) is 4.95. The second kappa shape index (κ2) is 7.12. The molecule has 122 valence electrons. The van der Waals surface area contributed by atoms with Crippen molar-refractivity contribution in [3.8, 4) is 0 Å². The van der Waals surface area contributed by atoms with Gasteiger partial charge in [-0.15, -0.1) is 0 Å². The van der Waals surface area contributed by atoms with Crippen LogP contribution in [0.4, 0.5) is 5.69 Å². The molecule has 1 aromatic carbocycles. The largest absolute Gasteiger partial charge is 0.270 e. The number of non-ortho nitro benzene ring substituents is 1. The average molecular weight is 332 g/mol. The van der Waals surface area contributed by atoms with Crippen LogP contribution in [0.2, 0.25) is 0 Å². The molecule has 6 nitrogen and oxygen atoms in total. The molecule has 2 atom stereocenters. The minimum atomic E-state index is -0.384. The van der Waals surface area contributed by atoms with Gasteiger partial charge in [0.25, 0.3) is 5.69 Å². The summed E-state index contributed by atoms with van der Waals surface area (Å²) in [7, 11) is 0. The normalized spacial score (nSPS) is 26.5. The highest BCUT2D eigenvalue weighted by atomic mass is 32.2. The quantitative estimate of drug-likeness (QED) is 0.678. The maximum atomic E-state index is 10.9. The molecule has 1 aliphatic heterocycles. The zero-order valence-electron chi connectivity index (χ0n) is 13.1. The molecule has 23 heavy (non-hydrogen) atoms. The molecule has 2 aliphatic rings. The van der Waals surface area contributed by atoms with Crippen LogP contribution in [-0.2, 0) is 0 Å². The van der Waals surface area contributed by atoms with Crippen molar-refractivity contribution >= 4 is 28.3 Å². The highest BCUT2D eigenvalue weighted by Crippen LogP contribution is 2.27. The lowest BCUT2D eigenvalue weighted by Crippen LogP contribution is -2.29. The van der Waals surface area contributed by atoms with Gasteiger partial charge in [0, 0.05) is 23.4 Å². The van der Waals surface area contributed by atoms with Gasteiger partial charge in [-0.05, 0) is 18.8 Å². The third-order valence-electron chi connectivity index (χ3n) is 4.37. The van der Waals surface area contributed by atoms with E-state index in [4.69, 9.17) is 4.99 Å². The molecule has 0 amide bonds. The van der Waals surface area contributed by atoms with E-state index in [-0.39, 0.29) is 10.6 Å². The first kappa shape index (κ1) is 16.0. The Bertz CT molecular complexity index is 659. The molecule has 1 fully saturated rings. The summed E-state index contributed by atoms with van der Waals surface area (Å²) in [6.07, 6.45) is 4.94. The number of nitrogens with zero attached hydrogens (tertiary/aromatic N) is 3. The average Bonchev–Trinajstić information content (AvgIpc) is 2.58. The van der Waals surface area contributed by atoms with Gasteiger partial charge >= 0.3 is 0 Å². The van der Waals surface area contributed by atoms with Crippen molar-refractivity contribution in [2.24, 2.45) is 16.0 Å². The molecule has 0 saturated heterocycles. The van der Waals surface area contributed by atoms with Crippen molar-refractivity contribution < 1.29 is 4.92 Å². The smallest absolute Gasteiger partial charge is 0.258 e. The van der Waals surface area contributed by atoms with Crippen LogP contribution in [0.25, 0.3) is 0 Å². The number of hydrogen-bond acceptors (Lipinski definition) is 5. The number of rotatable bonds is 3. The number of aliphatic imine (C=N–C) groups is 1. The SMILES string of the molecule is CC1CCCCC1N=C1NN=C(c2cccc([N+](=O)[O-])c2)CS1. The van der Waals surface area contributed by atoms with E-state index in [0.29, 0.717) is 17.7 Å². The highest BCUT2D eigenvalue weighted by molar-refractivity contribution is 8.14. The number of nitro groups is 1. The summed E-state index contributed by atoms with van der Waals surface area (Å²) in [5.74, 6) is 1.30. The molecular weight excluding hydrogens is 312 g/mol. The molecule has 1 aromatic rings. The van der Waals surface area contributed by atoms with Crippen LogP contribution in [0.5, 0.6) is 0 Å². The Morgan fingerprint density at radius 1 is 1.39 bits per heavy atom. The van der Waals surface area contributed by atoms with Crippen LogP contribution in [0.3, 0.4) is 0 Å². The van der Waals surface area contributed by atoms with E-state index in [2.05, 4.69) is 17.5 Å². The number of nitro benzene ring substituents is 1. The zero-order valence-corrected chi connectivity index (χ0v) is 13.9. The van der Waals surface area contributed by atoms with Crippen molar-refractivity contribution in [1.29, 1.82) is 0 Å². The van der Waals surface area contributed by atoms with Crippen molar-refractivity contribution in [3.05, 3.63) is 39.9 Å². The lowest BCUT2D eigenvalue weighted by Gasteiger charge is -2.26. The maximum Gasteiger partial charge on any atom is 0.270 e. The fraction of sp³-hybridized carbons (Fsp3) is 0.500. The molecule has 1 saturated carbocycles. The lowest BCUT2D eigenvalue weighted by molar-refractivity contribution is -0.384. The minimum Gasteiger partial charge on any atom is -0.258 e. The molecular formula is C16H20N4O2S. The molecule has 0 radical (unpaired) electrons. The summed E-state index contributed by atoms with van der Waals surface area (Å²) < 4.78 is 0. The summed E-state index contributed by atoms with van der Waals surface area (Å²) >= 11 is 1.61. The molecule has 0 spiro atoms. The van der Waals surface area contributed by atoms with Crippen LogP contribution in [0.15, 0.2) is 34.4 Å². The fourth-order valence-corrected chi connectivity index (χ4v) is 3.79. The minimum absolute atomic E-state index is 0.0886. The Hall–Kier alpha value is -1.89. The van der Waals surface area contributed by atoms with Gasteiger partial charge in [-0.2, -0.15) is 5.10 Å². The van der Waals surface area contributed by atoms with Gasteiger partial charge in [-0.25, -0.2) is 0 Å². The van der Waals surface area contributed by atoms with Gasteiger partial charge in [-0.3, -0.25) is 20.5 Å². The fourth-order valence-electron chi connectivity index (χ4n) is 2.97. The van der Waals surface area contributed by atoms with E-state index in [1.807, 2.05) is 6.07 Å². The highest BCUT2D eigenvalue weighted by Gasteiger charge is 2.22. The van der Waals surface area contributed by atoms with Crippen LogP contribution in [0, 0.1) is 16.0 Å². The molecule has 1 aliphatic carbocycles. The van der Waals surface area contributed by atoms with Crippen LogP contribution < -0.4 is 5.43 Å². The van der Waals surface area contributed by atoms with Gasteiger partial charge in [0.05, 0.1) is 16.7 Å². The number of amidine groups is 1. The monoisotopic (exact) mass is 332 g/mol. The van der Waals surface area contributed by atoms with Gasteiger partial charge < -0.3 is 0 Å². The summed E-state index contributed by atoms with van der Waals surface area (Å²) in [4.78, 5) is 15.3. The first-order valence-electron chi connectivity index (χ1n) is 7.91. The topological polar surface area (TPSA) is 79.9 Å². The molecule has 7 heteroatoms. The second-order valence-electron chi connectivity index (χ2n) is 6.03. The summed E-state index contributed by atoms with van der Waals surface area (Å²) in [6.45, 7) is 2.26. The summed E-state index contributed by atoms with van der Waals surface area (Å²) in [6, 6.07) is 6.97. The van der Waals surface area contributed by atoms with E-state index in [0.717, 1.165) is 22.9 Å². The summed E-state index contributed by atoms with van der Waals surface area (Å²) in [5, 5.41) is 16.1.